The van der Waals surface area contributed by atoms with Gasteiger partial charge in [0.25, 0.3) is 5.91 Å². The van der Waals surface area contributed by atoms with E-state index in [0.29, 0.717) is 5.75 Å². The van der Waals surface area contributed by atoms with Crippen molar-refractivity contribution >= 4 is 17.6 Å². The minimum Gasteiger partial charge on any atom is -0.491 e. The average molecular weight is 409 g/mol. The standard InChI is InChI=1S/C21H22F3NO4/c1-4-18(20(27)28)25(14-8-7-9-15(12-14)29-13(2)3)19(26)16-10-5-6-11-17(16)21(22,23)24/h5-13,18H,4H2,1-3H3,(H,27,28). The Morgan fingerprint density at radius 2 is 1.76 bits per heavy atom. The number of aliphatic carboxylic acids is 1. The van der Waals surface area contributed by atoms with Crippen LogP contribution in [0.3, 0.4) is 0 Å². The molecule has 2 aromatic rings. The minimum absolute atomic E-state index is 0.00449. The van der Waals surface area contributed by atoms with E-state index in [-0.39, 0.29) is 18.2 Å². The molecule has 1 atom stereocenters. The SMILES string of the molecule is CCC(C(=O)O)N(C(=O)c1ccccc1C(F)(F)F)c1cccc(OC(C)C)c1. The van der Waals surface area contributed by atoms with E-state index in [1.165, 1.54) is 24.3 Å². The number of alkyl halides is 3. The molecular weight excluding hydrogens is 387 g/mol. The fraction of sp³-hybridized carbons (Fsp3) is 0.333. The van der Waals surface area contributed by atoms with Crippen molar-refractivity contribution in [3.05, 3.63) is 59.7 Å². The Bertz CT molecular complexity index is 880. The molecule has 5 nitrogen and oxygen atoms in total. The molecule has 1 N–H and O–H groups in total. The van der Waals surface area contributed by atoms with Crippen molar-refractivity contribution in [1.82, 2.24) is 0 Å². The summed E-state index contributed by atoms with van der Waals surface area (Å²) in [5, 5.41) is 9.60. The van der Waals surface area contributed by atoms with Gasteiger partial charge >= 0.3 is 12.1 Å². The fourth-order valence-corrected chi connectivity index (χ4v) is 2.93. The summed E-state index contributed by atoms with van der Waals surface area (Å²) in [7, 11) is 0. The van der Waals surface area contributed by atoms with Gasteiger partial charge in [0.05, 0.1) is 17.2 Å². The highest BCUT2D eigenvalue weighted by molar-refractivity contribution is 6.10. The van der Waals surface area contributed by atoms with Crippen LogP contribution in [0.1, 0.15) is 43.1 Å². The van der Waals surface area contributed by atoms with E-state index >= 15 is 0 Å². The molecule has 0 aliphatic carbocycles. The third-order valence-corrected chi connectivity index (χ3v) is 4.13. The number of carbonyl (C=O) groups is 2. The quantitative estimate of drug-likeness (QED) is 0.699. The minimum atomic E-state index is -4.76. The third-order valence-electron chi connectivity index (χ3n) is 4.13. The first-order chi connectivity index (χ1) is 13.6. The van der Waals surface area contributed by atoms with E-state index < -0.39 is 35.2 Å². The monoisotopic (exact) mass is 409 g/mol. The highest BCUT2D eigenvalue weighted by Gasteiger charge is 2.38. The van der Waals surface area contributed by atoms with Gasteiger partial charge in [-0.15, -0.1) is 0 Å². The molecule has 0 radical (unpaired) electrons. The highest BCUT2D eigenvalue weighted by atomic mass is 19.4. The third kappa shape index (κ3) is 5.28. The van der Waals surface area contributed by atoms with E-state index in [1.54, 1.807) is 32.9 Å². The molecule has 0 fully saturated rings. The van der Waals surface area contributed by atoms with Crippen molar-refractivity contribution in [2.24, 2.45) is 0 Å². The molecule has 0 saturated carbocycles. The lowest BCUT2D eigenvalue weighted by Gasteiger charge is -2.30. The molecule has 2 rings (SSSR count). The van der Waals surface area contributed by atoms with Crippen molar-refractivity contribution < 1.29 is 32.6 Å². The lowest BCUT2D eigenvalue weighted by Crippen LogP contribution is -2.45. The van der Waals surface area contributed by atoms with E-state index in [1.807, 2.05) is 0 Å². The number of carboxylic acids is 1. The van der Waals surface area contributed by atoms with Crippen molar-refractivity contribution in [2.45, 2.75) is 45.5 Å². The number of carboxylic acid groups (broad SMARTS) is 1. The second kappa shape index (κ2) is 8.98. The summed E-state index contributed by atoms with van der Waals surface area (Å²) in [6, 6.07) is 9.06. The van der Waals surface area contributed by atoms with E-state index in [0.717, 1.165) is 17.0 Å². The first-order valence-corrected chi connectivity index (χ1v) is 9.05. The molecule has 0 spiro atoms. The van der Waals surface area contributed by atoms with E-state index in [9.17, 15) is 27.9 Å². The molecule has 0 aromatic heterocycles. The van der Waals surface area contributed by atoms with Gasteiger partial charge < -0.3 is 9.84 Å². The molecule has 0 aliphatic heterocycles. The van der Waals surface area contributed by atoms with Crippen molar-refractivity contribution in [1.29, 1.82) is 0 Å². The van der Waals surface area contributed by atoms with Crippen LogP contribution in [0.15, 0.2) is 48.5 Å². The van der Waals surface area contributed by atoms with Crippen molar-refractivity contribution in [3.63, 3.8) is 0 Å². The molecule has 1 unspecified atom stereocenters. The predicted octanol–water partition coefficient (Wildman–Crippen LogP) is 5.00. The molecule has 0 heterocycles. The summed E-state index contributed by atoms with van der Waals surface area (Å²) in [6.07, 6.45) is -4.93. The van der Waals surface area contributed by atoms with E-state index in [2.05, 4.69) is 0 Å². The summed E-state index contributed by atoms with van der Waals surface area (Å²) >= 11 is 0. The van der Waals surface area contributed by atoms with Crippen LogP contribution in [0.25, 0.3) is 0 Å². The Balaban J connectivity index is 2.62. The van der Waals surface area contributed by atoms with Crippen LogP contribution in [0.4, 0.5) is 18.9 Å². The van der Waals surface area contributed by atoms with Gasteiger partial charge in [0.15, 0.2) is 0 Å². The number of halogens is 3. The number of hydrogen-bond donors (Lipinski definition) is 1. The average Bonchev–Trinajstić information content (AvgIpc) is 2.64. The first kappa shape index (κ1) is 22.3. The number of benzene rings is 2. The lowest BCUT2D eigenvalue weighted by molar-refractivity contribution is -0.138. The van der Waals surface area contributed by atoms with Gasteiger partial charge in [0.2, 0.25) is 0 Å². The second-order valence-electron chi connectivity index (χ2n) is 6.64. The zero-order valence-corrected chi connectivity index (χ0v) is 16.2. The van der Waals surface area contributed by atoms with Gasteiger partial charge in [-0.2, -0.15) is 13.2 Å². The lowest BCUT2D eigenvalue weighted by atomic mass is 10.0. The number of amides is 1. The largest absolute Gasteiger partial charge is 0.491 e. The van der Waals surface area contributed by atoms with Crippen LogP contribution in [0.5, 0.6) is 5.75 Å². The molecular formula is C21H22F3NO4. The Kier molecular flexibility index (Phi) is 6.89. The number of ether oxygens (including phenoxy) is 1. The number of anilines is 1. The molecule has 0 aliphatic rings. The highest BCUT2D eigenvalue weighted by Crippen LogP contribution is 2.34. The van der Waals surface area contributed by atoms with Crippen LogP contribution in [0, 0.1) is 0 Å². The second-order valence-corrected chi connectivity index (χ2v) is 6.64. The summed E-state index contributed by atoms with van der Waals surface area (Å²) in [5.41, 5.74) is -1.60. The Hall–Kier alpha value is -3.03. The summed E-state index contributed by atoms with van der Waals surface area (Å²) in [6.45, 7) is 5.13. The topological polar surface area (TPSA) is 66.8 Å². The molecule has 2 aromatic carbocycles. The number of hydrogen-bond acceptors (Lipinski definition) is 3. The Morgan fingerprint density at radius 3 is 2.31 bits per heavy atom. The maximum Gasteiger partial charge on any atom is 0.417 e. The molecule has 156 valence electrons. The zero-order valence-electron chi connectivity index (χ0n) is 16.2. The van der Waals surface area contributed by atoms with E-state index in [4.69, 9.17) is 4.74 Å². The first-order valence-electron chi connectivity index (χ1n) is 9.05. The molecule has 0 saturated heterocycles. The van der Waals surface area contributed by atoms with Crippen LogP contribution in [0.2, 0.25) is 0 Å². The smallest absolute Gasteiger partial charge is 0.417 e. The van der Waals surface area contributed by atoms with Gasteiger partial charge in [-0.1, -0.05) is 25.1 Å². The number of carbonyl (C=O) groups excluding carboxylic acids is 1. The van der Waals surface area contributed by atoms with Gasteiger partial charge in [-0.05, 0) is 44.5 Å². The normalized spacial score (nSPS) is 12.5. The molecule has 29 heavy (non-hydrogen) atoms. The Labute approximate surface area is 166 Å². The predicted molar refractivity (Wildman–Crippen MR) is 102 cm³/mol. The number of nitrogens with zero attached hydrogens (tertiary/aromatic N) is 1. The Morgan fingerprint density at radius 1 is 1.10 bits per heavy atom. The number of rotatable bonds is 7. The maximum atomic E-state index is 13.4. The molecule has 1 amide bonds. The van der Waals surface area contributed by atoms with Crippen LogP contribution >= 0.6 is 0 Å². The van der Waals surface area contributed by atoms with Gasteiger partial charge in [-0.3, -0.25) is 9.69 Å². The van der Waals surface area contributed by atoms with Crippen LogP contribution < -0.4 is 9.64 Å². The van der Waals surface area contributed by atoms with Crippen molar-refractivity contribution in [2.75, 3.05) is 4.90 Å². The summed E-state index contributed by atoms with van der Waals surface area (Å²) in [4.78, 5) is 25.8. The molecule has 0 bridgehead atoms. The summed E-state index contributed by atoms with van der Waals surface area (Å²) < 4.78 is 45.8. The van der Waals surface area contributed by atoms with Gasteiger partial charge in [0, 0.05) is 11.8 Å². The zero-order chi connectivity index (χ0) is 21.8. The van der Waals surface area contributed by atoms with Crippen molar-refractivity contribution in [3.8, 4) is 5.75 Å². The van der Waals surface area contributed by atoms with Crippen LogP contribution in [-0.2, 0) is 11.0 Å². The van der Waals surface area contributed by atoms with Gasteiger partial charge in [0.1, 0.15) is 11.8 Å². The molecule has 8 heteroatoms. The van der Waals surface area contributed by atoms with Crippen LogP contribution in [-0.4, -0.2) is 29.1 Å². The fourth-order valence-electron chi connectivity index (χ4n) is 2.93. The maximum absolute atomic E-state index is 13.4. The summed E-state index contributed by atoms with van der Waals surface area (Å²) in [5.74, 6) is -1.99. The van der Waals surface area contributed by atoms with Gasteiger partial charge in [-0.25, -0.2) is 4.79 Å².